The van der Waals surface area contributed by atoms with Gasteiger partial charge in [0, 0.05) is 44.7 Å². The Morgan fingerprint density at radius 1 is 1.13 bits per heavy atom. The van der Waals surface area contributed by atoms with Crippen LogP contribution in [-0.2, 0) is 9.53 Å². The predicted octanol–water partition coefficient (Wildman–Crippen LogP) is 3.40. The molecule has 4 heterocycles. The summed E-state index contributed by atoms with van der Waals surface area (Å²) >= 11 is 1.34. The van der Waals surface area contributed by atoms with E-state index in [9.17, 15) is 19.7 Å². The van der Waals surface area contributed by atoms with Gasteiger partial charge in [-0.2, -0.15) is 5.10 Å². The lowest BCUT2D eigenvalue weighted by Crippen LogP contribution is -2.46. The number of rotatable bonds is 9. The molecule has 3 aromatic rings. The highest BCUT2D eigenvalue weighted by Crippen LogP contribution is 2.33. The highest BCUT2D eigenvalue weighted by Gasteiger charge is 2.36. The van der Waals surface area contributed by atoms with E-state index in [1.807, 2.05) is 11.4 Å². The monoisotopic (exact) mass is 537 g/mol. The van der Waals surface area contributed by atoms with Crippen molar-refractivity contribution in [3.05, 3.63) is 86.5 Å². The van der Waals surface area contributed by atoms with Gasteiger partial charge in [-0.1, -0.05) is 6.07 Å². The summed E-state index contributed by atoms with van der Waals surface area (Å²) in [5, 5.41) is 18.9. The number of nitrogens with zero attached hydrogens (tertiary/aromatic N) is 5. The highest BCUT2D eigenvalue weighted by molar-refractivity contribution is 7.12. The van der Waals surface area contributed by atoms with E-state index in [0.717, 1.165) is 13.1 Å². The molecule has 2 amide bonds. The van der Waals surface area contributed by atoms with E-state index in [1.165, 1.54) is 34.7 Å². The van der Waals surface area contributed by atoms with E-state index in [4.69, 9.17) is 9.15 Å². The van der Waals surface area contributed by atoms with Crippen molar-refractivity contribution in [3.63, 3.8) is 0 Å². The second-order valence-electron chi connectivity index (χ2n) is 8.98. The molecule has 198 valence electrons. The van der Waals surface area contributed by atoms with Crippen LogP contribution in [0.2, 0.25) is 0 Å². The second-order valence-corrected chi connectivity index (χ2v) is 9.93. The summed E-state index contributed by atoms with van der Waals surface area (Å²) in [5.41, 5.74) is 1.27. The minimum atomic E-state index is -0.486. The Labute approximate surface area is 223 Å². The van der Waals surface area contributed by atoms with Crippen LogP contribution < -0.4 is 0 Å². The normalized spacial score (nSPS) is 17.8. The van der Waals surface area contributed by atoms with Crippen molar-refractivity contribution < 1.29 is 23.7 Å². The van der Waals surface area contributed by atoms with Crippen LogP contribution in [0.3, 0.4) is 0 Å². The SMILES string of the molecule is O=C(c1cccs1)N(CCN1CCOCC1)CC(=O)N1N=C(c2ccc([N+](=O)[O-])cc2)C[C@@H]1c1ccco1. The molecule has 2 aliphatic rings. The number of morpholine rings is 1. The molecule has 1 aromatic carbocycles. The van der Waals surface area contributed by atoms with Gasteiger partial charge in [-0.3, -0.25) is 24.6 Å². The Morgan fingerprint density at radius 2 is 1.92 bits per heavy atom. The zero-order chi connectivity index (χ0) is 26.5. The molecule has 38 heavy (non-hydrogen) atoms. The van der Waals surface area contributed by atoms with E-state index >= 15 is 0 Å². The van der Waals surface area contributed by atoms with Crippen LogP contribution in [-0.4, -0.2) is 83.2 Å². The maximum absolute atomic E-state index is 13.7. The first-order chi connectivity index (χ1) is 18.5. The Balaban J connectivity index is 1.37. The van der Waals surface area contributed by atoms with Crippen molar-refractivity contribution in [2.75, 3.05) is 45.9 Å². The zero-order valence-electron chi connectivity index (χ0n) is 20.6. The highest BCUT2D eigenvalue weighted by atomic mass is 32.1. The number of non-ortho nitro benzene ring substituents is 1. The number of nitro benzene ring substituents is 1. The van der Waals surface area contributed by atoms with Gasteiger partial charge in [0.2, 0.25) is 0 Å². The molecule has 0 radical (unpaired) electrons. The largest absolute Gasteiger partial charge is 0.467 e. The van der Waals surface area contributed by atoms with Crippen molar-refractivity contribution in [2.24, 2.45) is 5.10 Å². The number of furan rings is 1. The standard InChI is InChI=1S/C26H27N5O6S/c32-25(18-29(26(33)24-4-2-16-38-24)10-9-28-11-14-36-15-12-28)30-22(23-3-1-13-37-23)17-21(27-30)19-5-7-20(8-6-19)31(34)35/h1-8,13,16,22H,9-12,14-15,17-18H2/t22-/m1/s1. The smallest absolute Gasteiger partial charge is 0.269 e. The van der Waals surface area contributed by atoms with Gasteiger partial charge in [-0.15, -0.1) is 11.3 Å². The molecule has 0 bridgehead atoms. The van der Waals surface area contributed by atoms with Crippen molar-refractivity contribution in [2.45, 2.75) is 12.5 Å². The molecule has 1 saturated heterocycles. The topological polar surface area (TPSA) is 122 Å². The minimum absolute atomic E-state index is 0.0223. The Bertz CT molecular complexity index is 1290. The van der Waals surface area contributed by atoms with Gasteiger partial charge in [0.25, 0.3) is 17.5 Å². The number of thiophene rings is 1. The Hall–Kier alpha value is -3.87. The molecule has 12 heteroatoms. The molecule has 1 atom stereocenters. The van der Waals surface area contributed by atoms with Gasteiger partial charge in [0.1, 0.15) is 18.3 Å². The number of benzene rings is 1. The van der Waals surface area contributed by atoms with E-state index in [-0.39, 0.29) is 24.0 Å². The molecule has 2 aliphatic heterocycles. The average molecular weight is 538 g/mol. The molecule has 0 spiro atoms. The zero-order valence-corrected chi connectivity index (χ0v) is 21.4. The van der Waals surface area contributed by atoms with Crippen molar-refractivity contribution in [1.29, 1.82) is 0 Å². The molecule has 0 saturated carbocycles. The predicted molar refractivity (Wildman–Crippen MR) is 140 cm³/mol. The first-order valence-electron chi connectivity index (χ1n) is 12.3. The number of carbonyl (C=O) groups is 2. The fourth-order valence-corrected chi connectivity index (χ4v) is 5.21. The maximum atomic E-state index is 13.7. The fourth-order valence-electron chi connectivity index (χ4n) is 4.52. The van der Waals surface area contributed by atoms with Crippen molar-refractivity contribution >= 4 is 34.6 Å². The first-order valence-corrected chi connectivity index (χ1v) is 13.2. The van der Waals surface area contributed by atoms with Crippen molar-refractivity contribution in [3.8, 4) is 0 Å². The van der Waals surface area contributed by atoms with E-state index in [1.54, 1.807) is 35.2 Å². The van der Waals surface area contributed by atoms with Crippen molar-refractivity contribution in [1.82, 2.24) is 14.8 Å². The Kier molecular flexibility index (Phi) is 7.91. The van der Waals surface area contributed by atoms with E-state index in [2.05, 4.69) is 10.0 Å². The Morgan fingerprint density at radius 3 is 2.58 bits per heavy atom. The summed E-state index contributed by atoms with van der Waals surface area (Å²) in [5.74, 6) is 0.0357. The molecule has 0 unspecified atom stereocenters. The number of nitro groups is 1. The van der Waals surface area contributed by atoms with Gasteiger partial charge in [0.15, 0.2) is 0 Å². The molecule has 2 aromatic heterocycles. The minimum Gasteiger partial charge on any atom is -0.467 e. The van der Waals surface area contributed by atoms with Crippen LogP contribution in [0.5, 0.6) is 0 Å². The number of hydrogen-bond donors (Lipinski definition) is 0. The quantitative estimate of drug-likeness (QED) is 0.303. The van der Waals surface area contributed by atoms with Gasteiger partial charge in [-0.25, -0.2) is 5.01 Å². The van der Waals surface area contributed by atoms with Crippen LogP contribution in [0, 0.1) is 10.1 Å². The number of amides is 2. The lowest BCUT2D eigenvalue weighted by molar-refractivity contribution is -0.384. The van der Waals surface area contributed by atoms with Crippen LogP contribution in [0.1, 0.15) is 33.5 Å². The molecule has 0 N–H and O–H groups in total. The molecule has 5 rings (SSSR count). The maximum Gasteiger partial charge on any atom is 0.269 e. The lowest BCUT2D eigenvalue weighted by Gasteiger charge is -2.30. The number of hydrazone groups is 1. The lowest BCUT2D eigenvalue weighted by atomic mass is 10.0. The number of ether oxygens (including phenoxy) is 1. The molecule has 11 nitrogen and oxygen atoms in total. The van der Waals surface area contributed by atoms with E-state index in [0.29, 0.717) is 54.6 Å². The van der Waals surface area contributed by atoms with E-state index < -0.39 is 11.0 Å². The second kappa shape index (κ2) is 11.7. The van der Waals surface area contributed by atoms with Gasteiger partial charge < -0.3 is 14.1 Å². The third-order valence-electron chi connectivity index (χ3n) is 6.58. The van der Waals surface area contributed by atoms with Gasteiger partial charge in [0.05, 0.1) is 35.0 Å². The van der Waals surface area contributed by atoms with Crippen LogP contribution in [0.25, 0.3) is 0 Å². The molecule has 1 fully saturated rings. The van der Waals surface area contributed by atoms with Crippen LogP contribution >= 0.6 is 11.3 Å². The molecular formula is C26H27N5O6S. The summed E-state index contributed by atoms with van der Waals surface area (Å²) in [4.78, 5) is 41.9. The third-order valence-corrected chi connectivity index (χ3v) is 7.44. The molecule has 0 aliphatic carbocycles. The summed E-state index contributed by atoms with van der Waals surface area (Å²) < 4.78 is 11.0. The van der Waals surface area contributed by atoms with Gasteiger partial charge >= 0.3 is 0 Å². The van der Waals surface area contributed by atoms with Gasteiger partial charge in [-0.05, 0) is 41.3 Å². The van der Waals surface area contributed by atoms with Crippen LogP contribution in [0.4, 0.5) is 5.69 Å². The summed E-state index contributed by atoms with van der Waals surface area (Å²) in [6.45, 7) is 3.74. The number of hydrogen-bond acceptors (Lipinski definition) is 9. The summed E-state index contributed by atoms with van der Waals surface area (Å²) in [6.07, 6.45) is 1.92. The summed E-state index contributed by atoms with van der Waals surface area (Å²) in [6, 6.07) is 12.7. The summed E-state index contributed by atoms with van der Waals surface area (Å²) in [7, 11) is 0. The third kappa shape index (κ3) is 5.82. The first kappa shape index (κ1) is 25.8. The molecular weight excluding hydrogens is 510 g/mol. The fraction of sp³-hybridized carbons (Fsp3) is 0.346. The number of carbonyl (C=O) groups excluding carboxylic acids is 2. The van der Waals surface area contributed by atoms with Crippen LogP contribution in [0.15, 0.2) is 69.7 Å². The average Bonchev–Trinajstić information content (AvgIpc) is 3.73.